The van der Waals surface area contributed by atoms with Crippen LogP contribution in [-0.2, 0) is 16.8 Å². The van der Waals surface area contributed by atoms with Crippen LogP contribution in [0.15, 0.2) is 119 Å². The number of ketones is 3. The molecule has 0 amide bonds. The minimum Gasteiger partial charge on any atom is -0.511 e. The van der Waals surface area contributed by atoms with Crippen LogP contribution in [0.5, 0.6) is 0 Å². The van der Waals surface area contributed by atoms with Gasteiger partial charge in [-0.3, -0.25) is 44.7 Å². The minimum absolute atomic E-state index is 0. The number of benzene rings is 3. The van der Waals surface area contributed by atoms with Gasteiger partial charge in [0.2, 0.25) is 0 Å². The van der Waals surface area contributed by atoms with Gasteiger partial charge in [-0.2, -0.15) is 0 Å². The molecule has 0 saturated heterocycles. The summed E-state index contributed by atoms with van der Waals surface area (Å²) in [4.78, 5) is 60.8. The third kappa shape index (κ3) is 15.1. The minimum atomic E-state index is -0.501. The zero-order valence-electron chi connectivity index (χ0n) is 28.5. The molecule has 6 N–H and O–H groups in total. The van der Waals surface area contributed by atoms with Gasteiger partial charge in [0.05, 0.1) is 50.2 Å². The second kappa shape index (κ2) is 22.8. The molecule has 15 nitrogen and oxygen atoms in total. The summed E-state index contributed by atoms with van der Waals surface area (Å²) >= 11 is 2.88. The molecule has 3 rings (SSSR count). The maximum absolute atomic E-state index is 10.8. The number of nitro benzene ring substituents is 3. The van der Waals surface area contributed by atoms with E-state index >= 15 is 0 Å². The fraction of sp³-hybridized carbons (Fsp3) is 0.182. The Balaban J connectivity index is 0.000000743. The normalized spacial score (nSPS) is 11.7. The first-order chi connectivity index (χ1) is 23.8. The number of nitro groups is 3. The Labute approximate surface area is 320 Å². The van der Waals surface area contributed by atoms with Gasteiger partial charge in [-0.25, -0.2) is 0 Å². The van der Waals surface area contributed by atoms with Gasteiger partial charge in [0.25, 0.3) is 17.1 Å². The van der Waals surface area contributed by atoms with Gasteiger partial charge in [0, 0.05) is 18.2 Å². The number of thioether (sulfide) groups is 3. The summed E-state index contributed by atoms with van der Waals surface area (Å²) in [5.41, 5.74) is -0.174. The third-order valence-corrected chi connectivity index (χ3v) is 9.87. The maximum Gasteiger partial charge on any atom is 3.00 e. The van der Waals surface area contributed by atoms with Gasteiger partial charge in [0.1, 0.15) is 32.0 Å². The molecule has 3 aromatic rings. The predicted molar refractivity (Wildman–Crippen MR) is 201 cm³/mol. The van der Waals surface area contributed by atoms with Crippen molar-refractivity contribution in [2.45, 2.75) is 56.2 Å². The zero-order valence-corrected chi connectivity index (χ0v) is 32.0. The Morgan fingerprint density at radius 3 is 0.827 bits per heavy atom. The van der Waals surface area contributed by atoms with Gasteiger partial charge in [-0.15, -0.1) is 0 Å². The fourth-order valence-corrected chi connectivity index (χ4v) is 6.37. The van der Waals surface area contributed by atoms with Crippen LogP contribution in [0.3, 0.4) is 0 Å². The Bertz CT molecular complexity index is 1700. The molecule has 0 heterocycles. The average molecular weight is 822 g/mol. The van der Waals surface area contributed by atoms with Crippen molar-refractivity contribution < 1.29 is 61.3 Å². The molecule has 276 valence electrons. The smallest absolute Gasteiger partial charge is 0.511 e. The van der Waals surface area contributed by atoms with Crippen molar-refractivity contribution in [1.29, 1.82) is 0 Å². The third-order valence-electron chi connectivity index (χ3n) is 5.79. The number of rotatable bonds is 12. The summed E-state index contributed by atoms with van der Waals surface area (Å²) in [6.45, 7) is 8.48. The first-order valence-corrected chi connectivity index (χ1v) is 16.8. The van der Waals surface area contributed by atoms with Crippen LogP contribution in [0.1, 0.15) is 41.5 Å². The van der Waals surface area contributed by atoms with Crippen LogP contribution in [0.4, 0.5) is 17.1 Å². The van der Waals surface area contributed by atoms with Crippen molar-refractivity contribution in [1.82, 2.24) is 0 Å². The van der Waals surface area contributed by atoms with Crippen molar-refractivity contribution in [2.75, 3.05) is 0 Å². The molecule has 0 fully saturated rings. The second-order valence-corrected chi connectivity index (χ2v) is 13.1. The number of para-hydroxylation sites is 3. The van der Waals surface area contributed by atoms with Crippen molar-refractivity contribution in [3.05, 3.63) is 135 Å². The molecule has 3 aromatic carbocycles. The van der Waals surface area contributed by atoms with E-state index in [0.717, 1.165) is 35.3 Å². The van der Waals surface area contributed by atoms with Gasteiger partial charge in [-0.05, 0) is 39.0 Å². The van der Waals surface area contributed by atoms with Crippen LogP contribution >= 0.6 is 35.3 Å². The number of aliphatic hydroxyl groups excluding tert-OH is 3. The number of carbonyl (C=O) groups excluding carboxylic acids is 3. The Kier molecular flexibility index (Phi) is 20.6. The van der Waals surface area contributed by atoms with Crippen LogP contribution in [0.25, 0.3) is 0 Å². The average Bonchev–Trinajstić information content (AvgIpc) is 3.05. The van der Waals surface area contributed by atoms with E-state index in [1.54, 1.807) is 54.6 Å². The molecule has 0 radical (unpaired) electrons. The van der Waals surface area contributed by atoms with E-state index in [2.05, 4.69) is 0 Å². The summed E-state index contributed by atoms with van der Waals surface area (Å²) in [7, 11) is 0. The number of nitrogens with zero attached hydrogens (tertiary/aromatic N) is 3. The van der Waals surface area contributed by atoms with Crippen molar-refractivity contribution in [3.63, 3.8) is 0 Å². The Hall–Kier alpha value is -4.95. The van der Waals surface area contributed by atoms with Crippen LogP contribution in [-0.4, -0.2) is 61.8 Å². The molecule has 19 heteroatoms. The Morgan fingerprint density at radius 1 is 0.481 bits per heavy atom. The van der Waals surface area contributed by atoms with Gasteiger partial charge in [0.15, 0.2) is 0 Å². The number of hydrogen-bond donors (Lipinski definition) is 3. The SMILES string of the molecule is CC(=[OH+])/C(Sc1ccccc1[N+](=O)[O-])=C(/C)O.CC(=[OH+])/C(Sc1ccccc1[N+](=O)[O-])=C(/C)O.CC(=[OH+])/C(Sc1ccccc1[N+](=O)[O-])=C(/C)O.[Co+3]. The predicted octanol–water partition coefficient (Wildman–Crippen LogP) is 9.12. The first-order valence-electron chi connectivity index (χ1n) is 14.3. The molecule has 0 aromatic heterocycles. The van der Waals surface area contributed by atoms with E-state index in [-0.39, 0.29) is 83.2 Å². The molecule has 0 atom stereocenters. The zero-order chi connectivity index (χ0) is 39.0. The number of allylic oxidation sites excluding steroid dienone is 6. The number of aliphatic hydroxyl groups is 3. The standard InChI is InChI=1S/3C11H11NO4S.Co/c3*1-7(13)11(8(2)14)17-10-6-4-3-5-9(10)12(15)16;/h3*3-6,13H,1-2H3;/q;;;+3/p+3/b3*11-7+;. The quantitative estimate of drug-likeness (QED) is 0.0386. The van der Waals surface area contributed by atoms with E-state index in [1.807, 2.05) is 0 Å². The topological polar surface area (TPSA) is 254 Å². The molecule has 0 aliphatic carbocycles. The number of hydrogen-bond acceptors (Lipinski definition) is 12. The van der Waals surface area contributed by atoms with E-state index in [0.29, 0.717) is 14.7 Å². The fourth-order valence-electron chi connectivity index (χ4n) is 3.64. The summed E-state index contributed by atoms with van der Waals surface area (Å²) in [5, 5.41) is 60.5. The molecular weight excluding hydrogens is 786 g/mol. The van der Waals surface area contributed by atoms with Crippen molar-refractivity contribution in [2.24, 2.45) is 0 Å². The van der Waals surface area contributed by atoms with E-state index in [4.69, 9.17) is 0 Å². The molecular formula is C33H36CoN3O12S3+6. The second-order valence-electron chi connectivity index (χ2n) is 9.98. The van der Waals surface area contributed by atoms with Gasteiger partial charge >= 0.3 is 34.1 Å². The molecule has 0 saturated carbocycles. The molecule has 0 bridgehead atoms. The van der Waals surface area contributed by atoms with Crippen molar-refractivity contribution in [3.8, 4) is 0 Å². The first kappa shape index (κ1) is 47.0. The molecule has 52 heavy (non-hydrogen) atoms. The summed E-state index contributed by atoms with van der Waals surface area (Å²) < 4.78 is 0. The van der Waals surface area contributed by atoms with E-state index in [1.165, 1.54) is 59.7 Å². The van der Waals surface area contributed by atoms with E-state index < -0.39 is 14.8 Å². The van der Waals surface area contributed by atoms with Crippen LogP contribution < -0.4 is 0 Å². The summed E-state index contributed by atoms with van der Waals surface area (Å²) in [6.07, 6.45) is 0. The maximum atomic E-state index is 10.8. The summed E-state index contributed by atoms with van der Waals surface area (Å²) in [5.74, 6) is -0.455. The molecule has 0 unspecified atom stereocenters. The Morgan fingerprint density at radius 2 is 0.673 bits per heavy atom. The molecule has 0 aliphatic rings. The molecule has 0 aliphatic heterocycles. The van der Waals surface area contributed by atoms with Gasteiger partial charge < -0.3 is 15.3 Å². The largest absolute Gasteiger partial charge is 3.00 e. The monoisotopic (exact) mass is 821 g/mol. The summed E-state index contributed by atoms with van der Waals surface area (Å²) in [6, 6.07) is 18.5. The van der Waals surface area contributed by atoms with Gasteiger partial charge in [-0.1, -0.05) is 71.7 Å². The van der Waals surface area contributed by atoms with Crippen LogP contribution in [0, 0.1) is 30.3 Å². The van der Waals surface area contributed by atoms with Crippen LogP contribution in [0.2, 0.25) is 0 Å². The van der Waals surface area contributed by atoms with E-state index in [9.17, 15) is 60.0 Å². The van der Waals surface area contributed by atoms with Crippen molar-refractivity contribution >= 4 is 69.7 Å². The molecule has 0 spiro atoms.